The van der Waals surface area contributed by atoms with Gasteiger partial charge in [-0.25, -0.2) is 9.78 Å². The van der Waals surface area contributed by atoms with E-state index in [1.165, 1.54) is 6.26 Å². The van der Waals surface area contributed by atoms with Gasteiger partial charge < -0.3 is 19.6 Å². The van der Waals surface area contributed by atoms with E-state index in [1.54, 1.807) is 18.5 Å². The highest BCUT2D eigenvalue weighted by atomic mass is 16.3. The molecule has 2 N–H and O–H groups in total. The number of carbonyl (C=O) groups excluding carboxylic acids is 3. The monoisotopic (exact) mass is 395 g/mol. The number of hydrogen-bond donors (Lipinski definition) is 2. The first-order chi connectivity index (χ1) is 14.1. The second kappa shape index (κ2) is 8.17. The molecule has 0 spiro atoms. The Hall–Kier alpha value is -3.62. The molecule has 9 heteroatoms. The summed E-state index contributed by atoms with van der Waals surface area (Å²) in [6.45, 7) is 1.14. The van der Waals surface area contributed by atoms with E-state index in [9.17, 15) is 14.4 Å². The molecular weight excluding hydrogens is 374 g/mol. The first kappa shape index (κ1) is 18.7. The van der Waals surface area contributed by atoms with Crippen LogP contribution in [0.1, 0.15) is 18.6 Å². The number of rotatable bonds is 8. The Morgan fingerprint density at radius 2 is 2.07 bits per heavy atom. The van der Waals surface area contributed by atoms with Crippen LogP contribution < -0.4 is 10.6 Å². The molecule has 4 amide bonds. The molecule has 3 heterocycles. The van der Waals surface area contributed by atoms with Gasteiger partial charge in [-0.2, -0.15) is 0 Å². The maximum Gasteiger partial charge on any atom is 0.325 e. The molecule has 3 aromatic rings. The van der Waals surface area contributed by atoms with Crippen LogP contribution in [0.4, 0.5) is 4.79 Å². The fourth-order valence-electron chi connectivity index (χ4n) is 3.35. The fraction of sp³-hybridized carbons (Fsp3) is 0.300. The molecule has 1 aliphatic heterocycles. The zero-order valence-electron chi connectivity index (χ0n) is 15.7. The van der Waals surface area contributed by atoms with Crippen molar-refractivity contribution < 1.29 is 18.8 Å². The lowest BCUT2D eigenvalue weighted by Crippen LogP contribution is -2.33. The summed E-state index contributed by atoms with van der Waals surface area (Å²) in [5.74, 6) is 0.0176. The topological polar surface area (TPSA) is 109 Å². The van der Waals surface area contributed by atoms with E-state index in [2.05, 4.69) is 15.6 Å². The van der Waals surface area contributed by atoms with Crippen LogP contribution in [-0.4, -0.2) is 44.9 Å². The van der Waals surface area contributed by atoms with E-state index in [1.807, 2.05) is 28.8 Å². The van der Waals surface area contributed by atoms with Gasteiger partial charge in [-0.15, -0.1) is 0 Å². The van der Waals surface area contributed by atoms with Crippen molar-refractivity contribution in [2.45, 2.75) is 32.0 Å². The molecule has 0 aliphatic carbocycles. The quantitative estimate of drug-likeness (QED) is 0.564. The van der Waals surface area contributed by atoms with E-state index < -0.39 is 12.1 Å². The van der Waals surface area contributed by atoms with Crippen LogP contribution in [0.5, 0.6) is 0 Å². The summed E-state index contributed by atoms with van der Waals surface area (Å²) in [5.41, 5.74) is 1.92. The standard InChI is InChI=1S/C20H21N5O4/c26-18(21-9-10-24-13-22-15-5-1-2-6-17(15)24)8-7-16-19(27)25(20(28)23-16)12-14-4-3-11-29-14/h1-6,11,13,16H,7-10,12H2,(H,21,26)(H,23,28). The molecule has 29 heavy (non-hydrogen) atoms. The molecule has 1 atom stereocenters. The third-order valence-electron chi connectivity index (χ3n) is 4.86. The van der Waals surface area contributed by atoms with Crippen molar-refractivity contribution in [3.05, 3.63) is 54.7 Å². The molecular formula is C20H21N5O4. The third kappa shape index (κ3) is 4.13. The van der Waals surface area contributed by atoms with E-state index >= 15 is 0 Å². The number of carbonyl (C=O) groups is 3. The number of para-hydroxylation sites is 2. The average Bonchev–Trinajstić information content (AvgIpc) is 3.44. The molecule has 1 aliphatic rings. The number of nitrogens with zero attached hydrogens (tertiary/aromatic N) is 3. The molecule has 4 rings (SSSR count). The van der Waals surface area contributed by atoms with Gasteiger partial charge in [0.25, 0.3) is 5.91 Å². The van der Waals surface area contributed by atoms with Gasteiger partial charge in [-0.3, -0.25) is 14.5 Å². The molecule has 0 saturated carbocycles. The van der Waals surface area contributed by atoms with Crippen molar-refractivity contribution in [3.8, 4) is 0 Å². The number of fused-ring (bicyclic) bond motifs is 1. The van der Waals surface area contributed by atoms with Gasteiger partial charge in [0.15, 0.2) is 0 Å². The molecule has 9 nitrogen and oxygen atoms in total. The Labute approximate surface area is 166 Å². The zero-order valence-corrected chi connectivity index (χ0v) is 15.7. The lowest BCUT2D eigenvalue weighted by atomic mass is 10.1. The summed E-state index contributed by atoms with van der Waals surface area (Å²) < 4.78 is 7.16. The summed E-state index contributed by atoms with van der Waals surface area (Å²) >= 11 is 0. The van der Waals surface area contributed by atoms with Crippen molar-refractivity contribution >= 4 is 28.9 Å². The Morgan fingerprint density at radius 1 is 1.21 bits per heavy atom. The van der Waals surface area contributed by atoms with Gasteiger partial charge in [0, 0.05) is 19.5 Å². The lowest BCUT2D eigenvalue weighted by molar-refractivity contribution is -0.128. The van der Waals surface area contributed by atoms with Gasteiger partial charge >= 0.3 is 6.03 Å². The van der Waals surface area contributed by atoms with Gasteiger partial charge in [-0.1, -0.05) is 12.1 Å². The molecule has 1 unspecified atom stereocenters. The predicted octanol–water partition coefficient (Wildman–Crippen LogP) is 1.65. The largest absolute Gasteiger partial charge is 0.467 e. The highest BCUT2D eigenvalue weighted by Crippen LogP contribution is 2.15. The smallest absolute Gasteiger partial charge is 0.325 e. The van der Waals surface area contributed by atoms with Crippen molar-refractivity contribution in [1.29, 1.82) is 0 Å². The van der Waals surface area contributed by atoms with Crippen LogP contribution >= 0.6 is 0 Å². The summed E-state index contributed by atoms with van der Waals surface area (Å²) in [5, 5.41) is 5.47. The molecule has 0 bridgehead atoms. The Bertz CT molecular complexity index is 1030. The maximum atomic E-state index is 12.4. The predicted molar refractivity (Wildman–Crippen MR) is 104 cm³/mol. The van der Waals surface area contributed by atoms with Gasteiger partial charge in [-0.05, 0) is 30.7 Å². The molecule has 2 aromatic heterocycles. The van der Waals surface area contributed by atoms with E-state index in [4.69, 9.17) is 4.42 Å². The SMILES string of the molecule is O=C(CCC1NC(=O)N(Cc2ccco2)C1=O)NCCn1cnc2ccccc21. The molecule has 1 saturated heterocycles. The lowest BCUT2D eigenvalue weighted by Gasteiger charge is -2.11. The molecule has 0 radical (unpaired) electrons. The summed E-state index contributed by atoms with van der Waals surface area (Å²) in [6.07, 6.45) is 3.63. The number of furan rings is 1. The van der Waals surface area contributed by atoms with Crippen LogP contribution in [0, 0.1) is 0 Å². The normalized spacial score (nSPS) is 16.4. The fourth-order valence-corrected chi connectivity index (χ4v) is 3.35. The average molecular weight is 395 g/mol. The van der Waals surface area contributed by atoms with E-state index in [0.29, 0.717) is 18.8 Å². The van der Waals surface area contributed by atoms with Crippen LogP contribution in [-0.2, 0) is 22.7 Å². The third-order valence-corrected chi connectivity index (χ3v) is 4.86. The molecule has 1 fully saturated rings. The second-order valence-electron chi connectivity index (χ2n) is 6.82. The number of aromatic nitrogens is 2. The van der Waals surface area contributed by atoms with Crippen LogP contribution in [0.15, 0.2) is 53.4 Å². The maximum absolute atomic E-state index is 12.4. The van der Waals surface area contributed by atoms with Gasteiger partial charge in [0.05, 0.1) is 30.2 Å². The Morgan fingerprint density at radius 3 is 2.90 bits per heavy atom. The van der Waals surface area contributed by atoms with Crippen LogP contribution in [0.2, 0.25) is 0 Å². The molecule has 150 valence electrons. The minimum Gasteiger partial charge on any atom is -0.467 e. The Balaban J connectivity index is 1.22. The van der Waals surface area contributed by atoms with Crippen molar-refractivity contribution in [2.75, 3.05) is 6.54 Å². The van der Waals surface area contributed by atoms with E-state index in [0.717, 1.165) is 15.9 Å². The minimum absolute atomic E-state index is 0.0826. The van der Waals surface area contributed by atoms with Crippen molar-refractivity contribution in [2.24, 2.45) is 0 Å². The number of imidazole rings is 1. The van der Waals surface area contributed by atoms with E-state index in [-0.39, 0.29) is 31.2 Å². The van der Waals surface area contributed by atoms with Gasteiger partial charge in [0.1, 0.15) is 11.8 Å². The number of nitrogens with one attached hydrogen (secondary N) is 2. The first-order valence-corrected chi connectivity index (χ1v) is 9.42. The highest BCUT2D eigenvalue weighted by molar-refractivity contribution is 6.04. The van der Waals surface area contributed by atoms with Crippen molar-refractivity contribution in [1.82, 2.24) is 25.1 Å². The van der Waals surface area contributed by atoms with Crippen LogP contribution in [0.3, 0.4) is 0 Å². The summed E-state index contributed by atoms with van der Waals surface area (Å²) in [4.78, 5) is 42.0. The van der Waals surface area contributed by atoms with Crippen molar-refractivity contribution in [3.63, 3.8) is 0 Å². The highest BCUT2D eigenvalue weighted by Gasteiger charge is 2.38. The number of imide groups is 1. The number of benzene rings is 1. The number of hydrogen-bond acceptors (Lipinski definition) is 5. The Kier molecular flexibility index (Phi) is 5.28. The summed E-state index contributed by atoms with van der Waals surface area (Å²) in [7, 11) is 0. The van der Waals surface area contributed by atoms with Crippen LogP contribution in [0.25, 0.3) is 11.0 Å². The number of urea groups is 1. The summed E-state index contributed by atoms with van der Waals surface area (Å²) in [6, 6.07) is 10.0. The second-order valence-corrected chi connectivity index (χ2v) is 6.82. The zero-order chi connectivity index (χ0) is 20.2. The first-order valence-electron chi connectivity index (χ1n) is 9.42. The molecule has 1 aromatic carbocycles. The van der Waals surface area contributed by atoms with Gasteiger partial charge in [0.2, 0.25) is 5.91 Å². The minimum atomic E-state index is -0.694. The number of amides is 4.